The minimum absolute atomic E-state index is 0.138. The van der Waals surface area contributed by atoms with E-state index in [2.05, 4.69) is 0 Å². The standard InChI is InChI=1S/C16H10I2O8/c17-9-4-2-1-3-7(9)8-5-6-15(11(19)20,12(21)22)16(10(8)18,13(23)24)14(25)26/h1-6H,(H,19,20)(H,21,22)(H,23,24)(H,25,26). The molecule has 10 heteroatoms. The molecule has 26 heavy (non-hydrogen) atoms. The van der Waals surface area contributed by atoms with Gasteiger partial charge in [-0.05, 0) is 62.4 Å². The highest BCUT2D eigenvalue weighted by Gasteiger charge is 2.73. The van der Waals surface area contributed by atoms with Crippen LogP contribution in [0.2, 0.25) is 0 Å². The lowest BCUT2D eigenvalue weighted by Gasteiger charge is -2.40. The number of carboxylic acids is 4. The molecule has 0 heterocycles. The van der Waals surface area contributed by atoms with Crippen LogP contribution in [0.5, 0.6) is 0 Å². The first-order valence-corrected chi connectivity index (χ1v) is 8.98. The van der Waals surface area contributed by atoms with E-state index in [0.717, 1.165) is 6.08 Å². The van der Waals surface area contributed by atoms with E-state index in [4.69, 9.17) is 0 Å². The molecule has 0 spiro atoms. The molecule has 0 saturated carbocycles. The maximum Gasteiger partial charge on any atom is 0.328 e. The fourth-order valence-electron chi connectivity index (χ4n) is 2.84. The van der Waals surface area contributed by atoms with Crippen LogP contribution in [0.4, 0.5) is 0 Å². The molecule has 2 rings (SSSR count). The SMILES string of the molecule is O=C(O)C1(C(=O)O)C=CC(c2ccccc2I)=C(I)C1(C(=O)O)C(=O)O. The van der Waals surface area contributed by atoms with E-state index in [1.165, 1.54) is 22.6 Å². The molecular weight excluding hydrogens is 574 g/mol. The highest BCUT2D eigenvalue weighted by molar-refractivity contribution is 14.1. The molecule has 0 radical (unpaired) electrons. The number of carbonyl (C=O) groups is 4. The smallest absolute Gasteiger partial charge is 0.328 e. The van der Waals surface area contributed by atoms with Crippen molar-refractivity contribution in [1.29, 1.82) is 0 Å². The Balaban J connectivity index is 3.01. The van der Waals surface area contributed by atoms with Crippen molar-refractivity contribution < 1.29 is 39.6 Å². The van der Waals surface area contributed by atoms with Crippen LogP contribution in [-0.4, -0.2) is 44.3 Å². The first kappa shape index (κ1) is 20.4. The predicted molar refractivity (Wildman–Crippen MR) is 105 cm³/mol. The molecule has 0 fully saturated rings. The van der Waals surface area contributed by atoms with E-state index in [1.54, 1.807) is 24.3 Å². The van der Waals surface area contributed by atoms with Gasteiger partial charge in [0.25, 0.3) is 0 Å². The summed E-state index contributed by atoms with van der Waals surface area (Å²) in [6, 6.07) is 6.65. The van der Waals surface area contributed by atoms with Gasteiger partial charge in [0.15, 0.2) is 0 Å². The summed E-state index contributed by atoms with van der Waals surface area (Å²) in [7, 11) is 0. The van der Waals surface area contributed by atoms with Crippen LogP contribution in [-0.2, 0) is 19.2 Å². The van der Waals surface area contributed by atoms with E-state index in [9.17, 15) is 39.6 Å². The van der Waals surface area contributed by atoms with Gasteiger partial charge in [0.05, 0.1) is 0 Å². The largest absolute Gasteiger partial charge is 0.480 e. The van der Waals surface area contributed by atoms with Gasteiger partial charge in [-0.2, -0.15) is 0 Å². The van der Waals surface area contributed by atoms with Crippen molar-refractivity contribution in [2.24, 2.45) is 10.8 Å². The summed E-state index contributed by atoms with van der Waals surface area (Å²) in [5.74, 6) is -8.32. The zero-order chi connectivity index (χ0) is 19.9. The first-order valence-electron chi connectivity index (χ1n) is 6.83. The fraction of sp³-hybridized carbons (Fsp3) is 0.125. The average Bonchev–Trinajstić information content (AvgIpc) is 2.54. The lowest BCUT2D eigenvalue weighted by Crippen LogP contribution is -2.61. The van der Waals surface area contributed by atoms with Crippen molar-refractivity contribution in [3.05, 3.63) is 49.1 Å². The summed E-state index contributed by atoms with van der Waals surface area (Å²) in [6.45, 7) is 0. The third-order valence-corrected chi connectivity index (χ3v) is 6.47. The van der Waals surface area contributed by atoms with Gasteiger partial charge in [-0.15, -0.1) is 0 Å². The molecule has 0 atom stereocenters. The van der Waals surface area contributed by atoms with Crippen molar-refractivity contribution in [2.45, 2.75) is 0 Å². The highest BCUT2D eigenvalue weighted by Crippen LogP contribution is 2.56. The molecule has 4 N–H and O–H groups in total. The van der Waals surface area contributed by atoms with Crippen molar-refractivity contribution in [3.8, 4) is 0 Å². The summed E-state index contributed by atoms with van der Waals surface area (Å²) in [4.78, 5) is 47.7. The average molecular weight is 584 g/mol. The van der Waals surface area contributed by atoms with Crippen LogP contribution >= 0.6 is 45.2 Å². The summed E-state index contributed by atoms with van der Waals surface area (Å²) in [6.07, 6.45) is 1.77. The highest BCUT2D eigenvalue weighted by atomic mass is 127. The Kier molecular flexibility index (Phi) is 5.46. The maximum atomic E-state index is 12.0. The lowest BCUT2D eigenvalue weighted by atomic mass is 9.59. The van der Waals surface area contributed by atoms with Crippen LogP contribution in [0.25, 0.3) is 5.57 Å². The van der Waals surface area contributed by atoms with E-state index in [1.807, 2.05) is 22.6 Å². The Labute approximate surface area is 173 Å². The van der Waals surface area contributed by atoms with E-state index in [0.29, 0.717) is 15.2 Å². The molecule has 0 bridgehead atoms. The number of hydrogen-bond donors (Lipinski definition) is 4. The lowest BCUT2D eigenvalue weighted by molar-refractivity contribution is -0.185. The molecule has 1 aromatic carbocycles. The van der Waals surface area contributed by atoms with E-state index < -0.39 is 38.3 Å². The van der Waals surface area contributed by atoms with Gasteiger partial charge in [0, 0.05) is 7.15 Å². The molecule has 0 amide bonds. The van der Waals surface area contributed by atoms with Crippen molar-refractivity contribution in [2.75, 3.05) is 0 Å². The van der Waals surface area contributed by atoms with Gasteiger partial charge in [0.1, 0.15) is 0 Å². The van der Waals surface area contributed by atoms with Crippen LogP contribution in [0.15, 0.2) is 40.0 Å². The third kappa shape index (κ3) is 2.53. The summed E-state index contributed by atoms with van der Waals surface area (Å²) >= 11 is 3.37. The Hall–Kier alpha value is -1.96. The normalized spacial score (nSPS) is 17.6. The number of rotatable bonds is 5. The molecule has 0 aliphatic heterocycles. The molecule has 0 aromatic heterocycles. The summed E-state index contributed by atoms with van der Waals surface area (Å²) < 4.78 is 0.244. The minimum Gasteiger partial charge on any atom is -0.480 e. The van der Waals surface area contributed by atoms with Crippen LogP contribution in [0.3, 0.4) is 0 Å². The molecule has 0 saturated heterocycles. The van der Waals surface area contributed by atoms with Gasteiger partial charge in [-0.3, -0.25) is 19.2 Å². The van der Waals surface area contributed by atoms with Crippen LogP contribution < -0.4 is 0 Å². The summed E-state index contributed by atoms with van der Waals surface area (Å²) in [5, 5.41) is 38.5. The zero-order valence-corrected chi connectivity index (χ0v) is 17.0. The number of halogens is 2. The maximum absolute atomic E-state index is 12.0. The predicted octanol–water partition coefficient (Wildman–Crippen LogP) is 2.32. The third-order valence-electron chi connectivity index (χ3n) is 4.14. The Morgan fingerprint density at radius 1 is 0.808 bits per heavy atom. The first-order chi connectivity index (χ1) is 12.0. The van der Waals surface area contributed by atoms with Crippen molar-refractivity contribution in [1.82, 2.24) is 0 Å². The van der Waals surface area contributed by atoms with Gasteiger partial charge in [-0.25, -0.2) is 0 Å². The molecule has 136 valence electrons. The summed E-state index contributed by atoms with van der Waals surface area (Å²) in [5.41, 5.74) is -5.83. The van der Waals surface area contributed by atoms with E-state index >= 15 is 0 Å². The topological polar surface area (TPSA) is 149 Å². The number of aliphatic carboxylic acids is 4. The fourth-order valence-corrected chi connectivity index (χ4v) is 4.88. The molecular formula is C16H10I2O8. The zero-order valence-electron chi connectivity index (χ0n) is 12.6. The van der Waals surface area contributed by atoms with Gasteiger partial charge >= 0.3 is 23.9 Å². The van der Waals surface area contributed by atoms with Gasteiger partial charge in [0.2, 0.25) is 10.8 Å². The molecule has 1 aromatic rings. The number of benzene rings is 1. The van der Waals surface area contributed by atoms with Crippen molar-refractivity contribution in [3.63, 3.8) is 0 Å². The second-order valence-electron chi connectivity index (χ2n) is 5.32. The van der Waals surface area contributed by atoms with Gasteiger partial charge in [-0.1, -0.05) is 30.4 Å². The number of hydrogen-bond acceptors (Lipinski definition) is 4. The Morgan fingerprint density at radius 2 is 1.31 bits per heavy atom. The van der Waals surface area contributed by atoms with Crippen LogP contribution in [0.1, 0.15) is 5.56 Å². The molecule has 0 unspecified atom stereocenters. The number of allylic oxidation sites excluding steroid dienone is 2. The van der Waals surface area contributed by atoms with Gasteiger partial charge < -0.3 is 20.4 Å². The molecule has 1 aliphatic rings. The second kappa shape index (κ2) is 6.98. The Morgan fingerprint density at radius 3 is 1.73 bits per heavy atom. The minimum atomic E-state index is -3.23. The van der Waals surface area contributed by atoms with Crippen molar-refractivity contribution >= 4 is 74.6 Å². The number of carboxylic acid groups (broad SMARTS) is 4. The quantitative estimate of drug-likeness (QED) is 0.305. The Bertz CT molecular complexity index is 871. The van der Waals surface area contributed by atoms with E-state index in [-0.39, 0.29) is 5.57 Å². The second-order valence-corrected chi connectivity index (χ2v) is 7.56. The molecule has 8 nitrogen and oxygen atoms in total. The monoisotopic (exact) mass is 584 g/mol. The van der Waals surface area contributed by atoms with Crippen LogP contribution in [0, 0.1) is 14.4 Å². The molecule has 1 aliphatic carbocycles.